The van der Waals surface area contributed by atoms with Gasteiger partial charge in [0.25, 0.3) is 0 Å². The Morgan fingerprint density at radius 1 is 1.43 bits per heavy atom. The predicted molar refractivity (Wildman–Crippen MR) is 58.9 cm³/mol. The van der Waals surface area contributed by atoms with E-state index in [9.17, 15) is 5.11 Å². The molecule has 1 saturated carbocycles. The summed E-state index contributed by atoms with van der Waals surface area (Å²) in [5.41, 5.74) is 2.10. The Kier molecular flexibility index (Phi) is 2.36. The first-order chi connectivity index (χ1) is 6.72. The molecule has 0 bridgehead atoms. The van der Waals surface area contributed by atoms with E-state index in [-0.39, 0.29) is 0 Å². The summed E-state index contributed by atoms with van der Waals surface area (Å²) in [5, 5.41) is 9.62. The maximum absolute atomic E-state index is 9.62. The summed E-state index contributed by atoms with van der Waals surface area (Å²) in [4.78, 5) is 2.36. The lowest BCUT2D eigenvalue weighted by atomic mass is 10.2. The fourth-order valence-corrected chi connectivity index (χ4v) is 1.81. The van der Waals surface area contributed by atoms with Gasteiger partial charge in [-0.1, -0.05) is 6.07 Å². The topological polar surface area (TPSA) is 23.5 Å². The van der Waals surface area contributed by atoms with Crippen molar-refractivity contribution in [1.82, 2.24) is 0 Å². The summed E-state index contributed by atoms with van der Waals surface area (Å²) in [6.45, 7) is 5.11. The van der Waals surface area contributed by atoms with E-state index in [0.717, 1.165) is 17.8 Å². The van der Waals surface area contributed by atoms with Crippen molar-refractivity contribution in [2.45, 2.75) is 32.7 Å². The number of benzene rings is 1. The SMILES string of the molecule is CCN(c1ccc(C)c(O)c1)C1CC1. The van der Waals surface area contributed by atoms with Crippen LogP contribution in [0.15, 0.2) is 18.2 Å². The Morgan fingerprint density at radius 2 is 2.14 bits per heavy atom. The molecule has 1 fully saturated rings. The molecule has 0 heterocycles. The number of phenolic OH excluding ortho intramolecular Hbond substituents is 1. The predicted octanol–water partition coefficient (Wildman–Crippen LogP) is 2.69. The van der Waals surface area contributed by atoms with E-state index in [2.05, 4.69) is 17.9 Å². The van der Waals surface area contributed by atoms with Gasteiger partial charge in [-0.2, -0.15) is 0 Å². The molecule has 1 aliphatic carbocycles. The molecule has 0 aliphatic heterocycles. The van der Waals surface area contributed by atoms with Gasteiger partial charge in [0.15, 0.2) is 0 Å². The molecule has 1 aromatic carbocycles. The van der Waals surface area contributed by atoms with E-state index in [0.29, 0.717) is 11.8 Å². The summed E-state index contributed by atoms with van der Waals surface area (Å²) < 4.78 is 0. The van der Waals surface area contributed by atoms with Gasteiger partial charge in [-0.25, -0.2) is 0 Å². The third-order valence-electron chi connectivity index (χ3n) is 2.85. The molecule has 0 amide bonds. The van der Waals surface area contributed by atoms with Gasteiger partial charge in [0.05, 0.1) is 0 Å². The smallest absolute Gasteiger partial charge is 0.120 e. The summed E-state index contributed by atoms with van der Waals surface area (Å²) in [6.07, 6.45) is 2.59. The molecule has 0 radical (unpaired) electrons. The number of aromatic hydroxyl groups is 1. The highest BCUT2D eigenvalue weighted by molar-refractivity contribution is 5.54. The van der Waals surface area contributed by atoms with Crippen LogP contribution in [0.5, 0.6) is 5.75 Å². The van der Waals surface area contributed by atoms with Crippen molar-refractivity contribution in [3.8, 4) is 5.75 Å². The number of rotatable bonds is 3. The van der Waals surface area contributed by atoms with Crippen molar-refractivity contribution in [2.75, 3.05) is 11.4 Å². The van der Waals surface area contributed by atoms with E-state index in [1.54, 1.807) is 0 Å². The van der Waals surface area contributed by atoms with Gasteiger partial charge >= 0.3 is 0 Å². The zero-order valence-corrected chi connectivity index (χ0v) is 8.83. The normalized spacial score (nSPS) is 15.6. The summed E-state index contributed by atoms with van der Waals surface area (Å²) >= 11 is 0. The minimum absolute atomic E-state index is 0.404. The average Bonchev–Trinajstić information content (AvgIpc) is 2.96. The highest BCUT2D eigenvalue weighted by atomic mass is 16.3. The number of phenols is 1. The summed E-state index contributed by atoms with van der Waals surface area (Å²) in [5.74, 6) is 0.404. The van der Waals surface area contributed by atoms with Crippen LogP contribution >= 0.6 is 0 Å². The van der Waals surface area contributed by atoms with Gasteiger partial charge in [-0.15, -0.1) is 0 Å². The Balaban J connectivity index is 2.25. The van der Waals surface area contributed by atoms with Crippen molar-refractivity contribution in [1.29, 1.82) is 0 Å². The molecular formula is C12H17NO. The minimum Gasteiger partial charge on any atom is -0.508 e. The van der Waals surface area contributed by atoms with Gasteiger partial charge in [0.1, 0.15) is 5.75 Å². The first-order valence-corrected chi connectivity index (χ1v) is 5.28. The average molecular weight is 191 g/mol. The second-order valence-corrected chi connectivity index (χ2v) is 3.99. The van der Waals surface area contributed by atoms with Gasteiger partial charge in [-0.05, 0) is 38.3 Å². The van der Waals surface area contributed by atoms with Gasteiger partial charge < -0.3 is 10.0 Å². The van der Waals surface area contributed by atoms with E-state index >= 15 is 0 Å². The third-order valence-corrected chi connectivity index (χ3v) is 2.85. The molecule has 0 spiro atoms. The molecule has 1 aromatic rings. The van der Waals surface area contributed by atoms with Crippen LogP contribution in [-0.4, -0.2) is 17.7 Å². The molecule has 0 atom stereocenters. The van der Waals surface area contributed by atoms with E-state index in [1.165, 1.54) is 12.8 Å². The maximum Gasteiger partial charge on any atom is 0.120 e. The Labute approximate surface area is 85.2 Å². The van der Waals surface area contributed by atoms with Crippen molar-refractivity contribution in [3.63, 3.8) is 0 Å². The zero-order valence-electron chi connectivity index (χ0n) is 8.83. The Hall–Kier alpha value is -1.18. The van der Waals surface area contributed by atoms with Crippen LogP contribution in [0.3, 0.4) is 0 Å². The zero-order chi connectivity index (χ0) is 10.1. The highest BCUT2D eigenvalue weighted by Crippen LogP contribution is 2.33. The molecule has 0 saturated heterocycles. The third kappa shape index (κ3) is 1.69. The number of hydrogen-bond donors (Lipinski definition) is 1. The van der Waals surface area contributed by atoms with Crippen molar-refractivity contribution >= 4 is 5.69 Å². The Bertz CT molecular complexity index is 331. The van der Waals surface area contributed by atoms with Crippen LogP contribution in [0.4, 0.5) is 5.69 Å². The van der Waals surface area contributed by atoms with Crippen LogP contribution in [0.1, 0.15) is 25.3 Å². The minimum atomic E-state index is 0.404. The molecule has 76 valence electrons. The van der Waals surface area contributed by atoms with Crippen LogP contribution in [0.2, 0.25) is 0 Å². The van der Waals surface area contributed by atoms with Gasteiger partial charge in [0, 0.05) is 24.3 Å². The van der Waals surface area contributed by atoms with Crippen LogP contribution in [-0.2, 0) is 0 Å². The molecule has 2 rings (SSSR count). The molecular weight excluding hydrogens is 174 g/mol. The van der Waals surface area contributed by atoms with Crippen molar-refractivity contribution in [3.05, 3.63) is 23.8 Å². The highest BCUT2D eigenvalue weighted by Gasteiger charge is 2.28. The maximum atomic E-state index is 9.62. The number of aryl methyl sites for hydroxylation is 1. The molecule has 14 heavy (non-hydrogen) atoms. The monoisotopic (exact) mass is 191 g/mol. The van der Waals surface area contributed by atoms with Gasteiger partial charge in [-0.3, -0.25) is 0 Å². The van der Waals surface area contributed by atoms with Crippen molar-refractivity contribution in [2.24, 2.45) is 0 Å². The first kappa shape index (κ1) is 9.38. The summed E-state index contributed by atoms with van der Waals surface area (Å²) in [7, 11) is 0. The fourth-order valence-electron chi connectivity index (χ4n) is 1.81. The van der Waals surface area contributed by atoms with E-state index < -0.39 is 0 Å². The van der Waals surface area contributed by atoms with Crippen LogP contribution < -0.4 is 4.90 Å². The molecule has 2 heteroatoms. The molecule has 0 aromatic heterocycles. The molecule has 0 unspecified atom stereocenters. The molecule has 1 aliphatic rings. The van der Waals surface area contributed by atoms with Crippen molar-refractivity contribution < 1.29 is 5.11 Å². The lowest BCUT2D eigenvalue weighted by Gasteiger charge is -2.23. The lowest BCUT2D eigenvalue weighted by Crippen LogP contribution is -2.24. The second kappa shape index (κ2) is 3.52. The van der Waals surface area contributed by atoms with Gasteiger partial charge in [0.2, 0.25) is 0 Å². The van der Waals surface area contributed by atoms with Crippen LogP contribution in [0, 0.1) is 6.92 Å². The summed E-state index contributed by atoms with van der Waals surface area (Å²) in [6, 6.07) is 6.66. The Morgan fingerprint density at radius 3 is 2.64 bits per heavy atom. The molecule has 2 nitrogen and oxygen atoms in total. The standard InChI is InChI=1S/C12H17NO/c1-3-13(10-6-7-10)11-5-4-9(2)12(14)8-11/h4-5,8,10,14H,3,6-7H2,1-2H3. The fraction of sp³-hybridized carbons (Fsp3) is 0.500. The number of nitrogens with zero attached hydrogens (tertiary/aromatic N) is 1. The second-order valence-electron chi connectivity index (χ2n) is 3.99. The lowest BCUT2D eigenvalue weighted by molar-refractivity contribution is 0.471. The first-order valence-electron chi connectivity index (χ1n) is 5.28. The van der Waals surface area contributed by atoms with E-state index in [4.69, 9.17) is 0 Å². The quantitative estimate of drug-likeness (QED) is 0.794. The largest absolute Gasteiger partial charge is 0.508 e. The molecule has 1 N–H and O–H groups in total. The van der Waals surface area contributed by atoms with Crippen LogP contribution in [0.25, 0.3) is 0 Å². The van der Waals surface area contributed by atoms with E-state index in [1.807, 2.05) is 19.1 Å². The number of anilines is 1. The number of hydrogen-bond acceptors (Lipinski definition) is 2.